The highest BCUT2D eigenvalue weighted by molar-refractivity contribution is 5.79. The van der Waals surface area contributed by atoms with E-state index in [1.165, 1.54) is 0 Å². The number of likely N-dealkylation sites (tertiary alicyclic amines) is 1. The lowest BCUT2D eigenvalue weighted by Gasteiger charge is -2.30. The Morgan fingerprint density at radius 3 is 2.12 bits per heavy atom. The highest BCUT2D eigenvalue weighted by atomic mass is 16.2. The van der Waals surface area contributed by atoms with Crippen LogP contribution in [-0.4, -0.2) is 30.4 Å². The molecule has 2 N–H and O–H groups in total. The Labute approximate surface area is 105 Å². The molecule has 1 aliphatic carbocycles. The van der Waals surface area contributed by atoms with Crippen LogP contribution in [0.25, 0.3) is 0 Å². The number of carbonyl (C=O) groups is 1. The van der Waals surface area contributed by atoms with Crippen LogP contribution in [0.4, 0.5) is 0 Å². The number of hydrogen-bond acceptors (Lipinski definition) is 2. The number of nitrogens with zero attached hydrogens (tertiary/aromatic N) is 1. The van der Waals surface area contributed by atoms with Gasteiger partial charge >= 0.3 is 0 Å². The molecule has 1 amide bonds. The molecule has 98 valence electrons. The Morgan fingerprint density at radius 1 is 1.12 bits per heavy atom. The van der Waals surface area contributed by atoms with Crippen LogP contribution in [0.3, 0.4) is 0 Å². The fourth-order valence-electron chi connectivity index (χ4n) is 3.21. The van der Waals surface area contributed by atoms with E-state index in [2.05, 4.69) is 18.7 Å². The Morgan fingerprint density at radius 2 is 1.65 bits per heavy atom. The monoisotopic (exact) mass is 238 g/mol. The molecule has 0 aromatic heterocycles. The van der Waals surface area contributed by atoms with Crippen LogP contribution in [0.2, 0.25) is 0 Å². The van der Waals surface area contributed by atoms with Crippen LogP contribution >= 0.6 is 0 Å². The molecule has 0 spiro atoms. The molecule has 3 nitrogen and oxygen atoms in total. The molecule has 2 atom stereocenters. The van der Waals surface area contributed by atoms with Crippen molar-refractivity contribution in [2.45, 2.75) is 39.5 Å². The van der Waals surface area contributed by atoms with E-state index in [4.69, 9.17) is 5.73 Å². The third-order valence-electron chi connectivity index (χ3n) is 4.83. The Balaban J connectivity index is 1.85. The molecule has 1 aliphatic heterocycles. The van der Waals surface area contributed by atoms with E-state index >= 15 is 0 Å². The van der Waals surface area contributed by atoms with Crippen molar-refractivity contribution >= 4 is 5.91 Å². The summed E-state index contributed by atoms with van der Waals surface area (Å²) in [4.78, 5) is 14.5. The lowest BCUT2D eigenvalue weighted by Crippen LogP contribution is -2.37. The Kier molecular flexibility index (Phi) is 4.08. The maximum Gasteiger partial charge on any atom is 0.225 e. The SMILES string of the molecule is CC1CN(C(=O)C2CCC(CN)CC2)CC1C. The fraction of sp³-hybridized carbons (Fsp3) is 0.929. The molecule has 0 bridgehead atoms. The van der Waals surface area contributed by atoms with Crippen molar-refractivity contribution in [1.82, 2.24) is 4.90 Å². The highest BCUT2D eigenvalue weighted by Gasteiger charge is 2.34. The lowest BCUT2D eigenvalue weighted by molar-refractivity contribution is -0.136. The first-order valence-electron chi connectivity index (χ1n) is 7.10. The zero-order valence-corrected chi connectivity index (χ0v) is 11.2. The number of hydrogen-bond donors (Lipinski definition) is 1. The molecule has 1 saturated carbocycles. The standard InChI is InChI=1S/C14H26N2O/c1-10-8-16(9-11(10)2)14(17)13-5-3-12(7-15)4-6-13/h10-13H,3-9,15H2,1-2H3. The van der Waals surface area contributed by atoms with Crippen LogP contribution in [-0.2, 0) is 4.79 Å². The quantitative estimate of drug-likeness (QED) is 0.798. The highest BCUT2D eigenvalue weighted by Crippen LogP contribution is 2.31. The summed E-state index contributed by atoms with van der Waals surface area (Å²) < 4.78 is 0. The lowest BCUT2D eigenvalue weighted by atomic mass is 9.81. The molecular formula is C14H26N2O. The van der Waals surface area contributed by atoms with E-state index in [1.807, 2.05) is 0 Å². The summed E-state index contributed by atoms with van der Waals surface area (Å²) in [5.41, 5.74) is 5.69. The molecule has 2 fully saturated rings. The van der Waals surface area contributed by atoms with Crippen LogP contribution in [0.5, 0.6) is 0 Å². The molecule has 3 heteroatoms. The zero-order valence-electron chi connectivity index (χ0n) is 11.2. The zero-order chi connectivity index (χ0) is 12.4. The van der Waals surface area contributed by atoms with Gasteiger partial charge in [0.25, 0.3) is 0 Å². The fourth-order valence-corrected chi connectivity index (χ4v) is 3.21. The van der Waals surface area contributed by atoms with E-state index in [0.717, 1.165) is 45.3 Å². The van der Waals surface area contributed by atoms with Gasteiger partial charge in [-0.2, -0.15) is 0 Å². The predicted molar refractivity (Wildman–Crippen MR) is 69.4 cm³/mol. The van der Waals surface area contributed by atoms with Crippen molar-refractivity contribution in [3.63, 3.8) is 0 Å². The van der Waals surface area contributed by atoms with Crippen molar-refractivity contribution in [3.05, 3.63) is 0 Å². The topological polar surface area (TPSA) is 46.3 Å². The number of rotatable bonds is 2. The molecule has 1 saturated heterocycles. The molecule has 0 aromatic rings. The summed E-state index contributed by atoms with van der Waals surface area (Å²) >= 11 is 0. The van der Waals surface area contributed by atoms with Crippen molar-refractivity contribution in [2.75, 3.05) is 19.6 Å². The first-order chi connectivity index (χ1) is 8.11. The van der Waals surface area contributed by atoms with Crippen LogP contribution < -0.4 is 5.73 Å². The Bertz CT molecular complexity index is 261. The van der Waals surface area contributed by atoms with Gasteiger partial charge in [0, 0.05) is 19.0 Å². The summed E-state index contributed by atoms with van der Waals surface area (Å²) in [6, 6.07) is 0. The molecule has 17 heavy (non-hydrogen) atoms. The minimum atomic E-state index is 0.287. The van der Waals surface area contributed by atoms with Gasteiger partial charge in [0.2, 0.25) is 5.91 Å². The van der Waals surface area contributed by atoms with Crippen molar-refractivity contribution < 1.29 is 4.79 Å². The Hall–Kier alpha value is -0.570. The van der Waals surface area contributed by atoms with Crippen LogP contribution in [0, 0.1) is 23.7 Å². The first-order valence-corrected chi connectivity index (χ1v) is 7.10. The van der Waals surface area contributed by atoms with Crippen molar-refractivity contribution in [3.8, 4) is 0 Å². The third-order valence-corrected chi connectivity index (χ3v) is 4.83. The summed E-state index contributed by atoms with van der Waals surface area (Å²) in [6.07, 6.45) is 4.40. The van der Waals surface area contributed by atoms with Gasteiger partial charge in [-0.3, -0.25) is 4.79 Å². The number of amides is 1. The minimum absolute atomic E-state index is 0.287. The molecule has 1 heterocycles. The molecular weight excluding hydrogens is 212 g/mol. The number of carbonyl (C=O) groups excluding carboxylic acids is 1. The summed E-state index contributed by atoms with van der Waals surface area (Å²) in [5.74, 6) is 2.70. The van der Waals surface area contributed by atoms with Gasteiger partial charge in [-0.05, 0) is 50.0 Å². The van der Waals surface area contributed by atoms with E-state index in [9.17, 15) is 4.79 Å². The first kappa shape index (κ1) is 12.9. The second-order valence-corrected chi connectivity index (χ2v) is 6.15. The average molecular weight is 238 g/mol. The van der Waals surface area contributed by atoms with Gasteiger partial charge in [-0.1, -0.05) is 13.8 Å². The van der Waals surface area contributed by atoms with E-state index in [-0.39, 0.29) is 5.92 Å². The molecule has 0 aromatic carbocycles. The minimum Gasteiger partial charge on any atom is -0.342 e. The van der Waals surface area contributed by atoms with Gasteiger partial charge in [-0.25, -0.2) is 0 Å². The van der Waals surface area contributed by atoms with Crippen LogP contribution in [0.15, 0.2) is 0 Å². The second-order valence-electron chi connectivity index (χ2n) is 6.15. The summed E-state index contributed by atoms with van der Waals surface area (Å²) in [6.45, 7) is 7.23. The van der Waals surface area contributed by atoms with Gasteiger partial charge in [0.05, 0.1) is 0 Å². The van der Waals surface area contributed by atoms with Gasteiger partial charge in [0.15, 0.2) is 0 Å². The van der Waals surface area contributed by atoms with E-state index in [1.54, 1.807) is 0 Å². The maximum atomic E-state index is 12.4. The molecule has 2 aliphatic rings. The molecule has 2 rings (SSSR count). The van der Waals surface area contributed by atoms with Crippen LogP contribution in [0.1, 0.15) is 39.5 Å². The van der Waals surface area contributed by atoms with Gasteiger partial charge in [0.1, 0.15) is 0 Å². The maximum absolute atomic E-state index is 12.4. The largest absolute Gasteiger partial charge is 0.342 e. The molecule has 2 unspecified atom stereocenters. The smallest absolute Gasteiger partial charge is 0.225 e. The van der Waals surface area contributed by atoms with Crippen molar-refractivity contribution in [2.24, 2.45) is 29.4 Å². The summed E-state index contributed by atoms with van der Waals surface area (Å²) in [7, 11) is 0. The van der Waals surface area contributed by atoms with E-state index < -0.39 is 0 Å². The van der Waals surface area contributed by atoms with Gasteiger partial charge < -0.3 is 10.6 Å². The van der Waals surface area contributed by atoms with Gasteiger partial charge in [-0.15, -0.1) is 0 Å². The average Bonchev–Trinajstić information content (AvgIpc) is 2.69. The predicted octanol–water partition coefficient (Wildman–Crippen LogP) is 1.87. The normalized spacial score (nSPS) is 38.4. The second kappa shape index (κ2) is 5.38. The third kappa shape index (κ3) is 2.82. The summed E-state index contributed by atoms with van der Waals surface area (Å²) in [5, 5.41) is 0. The number of nitrogens with two attached hydrogens (primary N) is 1. The van der Waals surface area contributed by atoms with E-state index in [0.29, 0.717) is 23.7 Å². The molecule has 0 radical (unpaired) electrons. The van der Waals surface area contributed by atoms with Crippen molar-refractivity contribution in [1.29, 1.82) is 0 Å².